The lowest BCUT2D eigenvalue weighted by Gasteiger charge is -2.39. The Bertz CT molecular complexity index is 341. The standard InChI is InChI=1S/C15H26O2S.C2H6OS/c1-11-6-5-7-15(3,4)14(11)13(17)10-12(2)18-9-8-16;3-1-2-4/h5-6,11-12,14,16H,7-10H2,1-4H3;3-4H,1-2H2. The molecule has 3 nitrogen and oxygen atoms in total. The fourth-order valence-electron chi connectivity index (χ4n) is 2.99. The summed E-state index contributed by atoms with van der Waals surface area (Å²) in [7, 11) is 0. The third-order valence-electron chi connectivity index (χ3n) is 3.88. The van der Waals surface area contributed by atoms with Crippen LogP contribution < -0.4 is 0 Å². The molecule has 1 aliphatic rings. The normalized spacial score (nSPS) is 24.3. The number of aliphatic hydroxyl groups excluding tert-OH is 2. The fraction of sp³-hybridized carbons (Fsp3) is 0.824. The molecule has 2 N–H and O–H groups in total. The lowest BCUT2D eigenvalue weighted by Crippen LogP contribution is -2.38. The summed E-state index contributed by atoms with van der Waals surface area (Å²) in [6.07, 6.45) is 6.00. The SMILES string of the molecule is CC(CC(=O)C1C(C)C=CCC1(C)C)SCCO.OCCS. The maximum atomic E-state index is 12.5. The van der Waals surface area contributed by atoms with Crippen molar-refractivity contribution < 1.29 is 15.0 Å². The van der Waals surface area contributed by atoms with Crippen LogP contribution in [-0.4, -0.2) is 46.0 Å². The second kappa shape index (κ2) is 11.5. The van der Waals surface area contributed by atoms with Gasteiger partial charge in [-0.1, -0.05) is 39.8 Å². The van der Waals surface area contributed by atoms with Crippen molar-refractivity contribution in [2.75, 3.05) is 24.7 Å². The predicted octanol–water partition coefficient (Wildman–Crippen LogP) is 3.21. The molecule has 22 heavy (non-hydrogen) atoms. The van der Waals surface area contributed by atoms with Crippen molar-refractivity contribution in [1.82, 2.24) is 0 Å². The Labute approximate surface area is 145 Å². The van der Waals surface area contributed by atoms with Gasteiger partial charge in [0.05, 0.1) is 13.2 Å². The average Bonchev–Trinajstić information content (AvgIpc) is 2.44. The van der Waals surface area contributed by atoms with Crippen LogP contribution in [0.4, 0.5) is 0 Å². The second-order valence-electron chi connectivity index (χ2n) is 6.48. The van der Waals surface area contributed by atoms with Crippen LogP contribution in [0.5, 0.6) is 0 Å². The van der Waals surface area contributed by atoms with Crippen molar-refractivity contribution in [3.05, 3.63) is 12.2 Å². The van der Waals surface area contributed by atoms with Gasteiger partial charge in [0.2, 0.25) is 0 Å². The summed E-state index contributed by atoms with van der Waals surface area (Å²) >= 11 is 5.35. The molecule has 0 spiro atoms. The molecule has 0 saturated heterocycles. The van der Waals surface area contributed by atoms with Crippen LogP contribution in [-0.2, 0) is 4.79 Å². The first-order valence-electron chi connectivity index (χ1n) is 7.93. The molecule has 1 rings (SSSR count). The minimum atomic E-state index is 0.0760. The topological polar surface area (TPSA) is 57.5 Å². The number of allylic oxidation sites excluding steroid dienone is 2. The largest absolute Gasteiger partial charge is 0.396 e. The van der Waals surface area contributed by atoms with Crippen LogP contribution in [0.3, 0.4) is 0 Å². The van der Waals surface area contributed by atoms with Gasteiger partial charge >= 0.3 is 0 Å². The minimum Gasteiger partial charge on any atom is -0.396 e. The lowest BCUT2D eigenvalue weighted by molar-refractivity contribution is -0.128. The molecule has 0 heterocycles. The predicted molar refractivity (Wildman–Crippen MR) is 99.8 cm³/mol. The number of carbonyl (C=O) groups excluding carboxylic acids is 1. The number of carbonyl (C=O) groups is 1. The van der Waals surface area contributed by atoms with Crippen molar-refractivity contribution in [3.8, 4) is 0 Å². The highest BCUT2D eigenvalue weighted by Gasteiger charge is 2.39. The number of hydrogen-bond acceptors (Lipinski definition) is 5. The summed E-state index contributed by atoms with van der Waals surface area (Å²) in [6.45, 7) is 8.99. The van der Waals surface area contributed by atoms with Gasteiger partial charge in [-0.3, -0.25) is 4.79 Å². The molecule has 1 aliphatic carbocycles. The summed E-state index contributed by atoms with van der Waals surface area (Å²) in [5.74, 6) is 2.16. The highest BCUT2D eigenvalue weighted by atomic mass is 32.2. The van der Waals surface area contributed by atoms with Crippen LogP contribution >= 0.6 is 24.4 Å². The van der Waals surface area contributed by atoms with Crippen LogP contribution in [0.25, 0.3) is 0 Å². The molecule has 0 fully saturated rings. The zero-order valence-corrected chi connectivity index (χ0v) is 16.0. The number of Topliss-reactive ketones (excluding diaryl/α,β-unsaturated/α-hetero) is 1. The minimum absolute atomic E-state index is 0.0760. The Morgan fingerprint density at radius 2 is 2.00 bits per heavy atom. The molecule has 0 saturated carbocycles. The van der Waals surface area contributed by atoms with Crippen LogP contribution in [0.1, 0.15) is 40.5 Å². The maximum Gasteiger partial charge on any atom is 0.138 e. The van der Waals surface area contributed by atoms with Gasteiger partial charge in [-0.05, 0) is 17.8 Å². The van der Waals surface area contributed by atoms with Crippen molar-refractivity contribution in [2.45, 2.75) is 45.8 Å². The van der Waals surface area contributed by atoms with E-state index in [0.29, 0.717) is 29.1 Å². The van der Waals surface area contributed by atoms with E-state index in [1.807, 2.05) is 0 Å². The number of thioether (sulfide) groups is 1. The van der Waals surface area contributed by atoms with Gasteiger partial charge < -0.3 is 10.2 Å². The van der Waals surface area contributed by atoms with Crippen molar-refractivity contribution in [3.63, 3.8) is 0 Å². The molecule has 0 radical (unpaired) electrons. The maximum absolute atomic E-state index is 12.5. The first-order valence-corrected chi connectivity index (χ1v) is 9.61. The number of hydrogen-bond donors (Lipinski definition) is 3. The van der Waals surface area contributed by atoms with E-state index in [4.69, 9.17) is 10.2 Å². The lowest BCUT2D eigenvalue weighted by atomic mass is 9.65. The molecule has 130 valence electrons. The molecule has 3 unspecified atom stereocenters. The molecule has 0 aromatic heterocycles. The quantitative estimate of drug-likeness (QED) is 0.488. The van der Waals surface area contributed by atoms with Gasteiger partial charge in [-0.15, -0.1) is 0 Å². The molecule has 0 aromatic rings. The molecule has 3 atom stereocenters. The molecule has 5 heteroatoms. The monoisotopic (exact) mass is 348 g/mol. The fourth-order valence-corrected chi connectivity index (χ4v) is 3.78. The summed E-state index contributed by atoms with van der Waals surface area (Å²) in [6, 6.07) is 0. The summed E-state index contributed by atoms with van der Waals surface area (Å²) in [5, 5.41) is 16.9. The van der Waals surface area contributed by atoms with Crippen LogP contribution in [0, 0.1) is 17.3 Å². The van der Waals surface area contributed by atoms with E-state index in [-0.39, 0.29) is 24.5 Å². The van der Waals surface area contributed by atoms with E-state index in [1.165, 1.54) is 0 Å². The van der Waals surface area contributed by atoms with Crippen molar-refractivity contribution >= 4 is 30.2 Å². The number of thiol groups is 1. The van der Waals surface area contributed by atoms with E-state index in [9.17, 15) is 4.79 Å². The first kappa shape index (κ1) is 22.0. The Morgan fingerprint density at radius 3 is 2.45 bits per heavy atom. The molecule has 0 aliphatic heterocycles. The Kier molecular flexibility index (Phi) is 11.6. The van der Waals surface area contributed by atoms with E-state index >= 15 is 0 Å². The third-order valence-corrected chi connectivity index (χ3v) is 5.23. The highest BCUT2D eigenvalue weighted by molar-refractivity contribution is 7.99. The molecular formula is C17H32O3S2. The number of rotatable bonds is 7. The molecular weight excluding hydrogens is 316 g/mol. The smallest absolute Gasteiger partial charge is 0.138 e. The molecule has 0 bridgehead atoms. The van der Waals surface area contributed by atoms with E-state index in [0.717, 1.165) is 12.2 Å². The van der Waals surface area contributed by atoms with Gasteiger partial charge in [0.1, 0.15) is 5.78 Å². The van der Waals surface area contributed by atoms with Crippen molar-refractivity contribution in [2.24, 2.45) is 17.3 Å². The highest BCUT2D eigenvalue weighted by Crippen LogP contribution is 2.42. The summed E-state index contributed by atoms with van der Waals surface area (Å²) in [5.41, 5.74) is 0.0760. The van der Waals surface area contributed by atoms with Gasteiger partial charge in [0.15, 0.2) is 0 Å². The average molecular weight is 349 g/mol. The van der Waals surface area contributed by atoms with Crippen LogP contribution in [0.2, 0.25) is 0 Å². The van der Waals surface area contributed by atoms with Gasteiger partial charge in [0.25, 0.3) is 0 Å². The van der Waals surface area contributed by atoms with E-state index in [2.05, 4.69) is 52.5 Å². The first-order chi connectivity index (χ1) is 10.3. The second-order valence-corrected chi connectivity index (χ2v) is 8.47. The Hall–Kier alpha value is 0.0300. The van der Waals surface area contributed by atoms with E-state index in [1.54, 1.807) is 11.8 Å². The van der Waals surface area contributed by atoms with Crippen molar-refractivity contribution in [1.29, 1.82) is 0 Å². The Morgan fingerprint density at radius 1 is 1.41 bits per heavy atom. The van der Waals surface area contributed by atoms with E-state index < -0.39 is 0 Å². The number of ketones is 1. The summed E-state index contributed by atoms with van der Waals surface area (Å²) < 4.78 is 0. The van der Waals surface area contributed by atoms with Gasteiger partial charge in [-0.25, -0.2) is 0 Å². The zero-order valence-electron chi connectivity index (χ0n) is 14.3. The Balaban J connectivity index is 0.000000980. The number of aliphatic hydroxyl groups is 2. The van der Waals surface area contributed by atoms with Gasteiger partial charge in [0, 0.05) is 29.1 Å². The zero-order chi connectivity index (χ0) is 17.2. The third kappa shape index (κ3) is 8.04. The molecule has 0 aromatic carbocycles. The van der Waals surface area contributed by atoms with Gasteiger partial charge in [-0.2, -0.15) is 24.4 Å². The van der Waals surface area contributed by atoms with Crippen LogP contribution in [0.15, 0.2) is 12.2 Å². The molecule has 0 amide bonds. The summed E-state index contributed by atoms with van der Waals surface area (Å²) in [4.78, 5) is 12.5.